The molecule has 0 amide bonds. The van der Waals surface area contributed by atoms with E-state index >= 15 is 0 Å². The van der Waals surface area contributed by atoms with E-state index in [1.54, 1.807) is 0 Å². The van der Waals surface area contributed by atoms with Crippen LogP contribution >= 0.6 is 15.9 Å². The van der Waals surface area contributed by atoms with Crippen molar-refractivity contribution in [2.24, 2.45) is 0 Å². The van der Waals surface area contributed by atoms with Gasteiger partial charge in [0.05, 0.1) is 0 Å². The summed E-state index contributed by atoms with van der Waals surface area (Å²) in [6.07, 6.45) is 1.37. The third-order valence-corrected chi connectivity index (χ3v) is 3.86. The number of rotatable bonds is 3. The molecule has 0 radical (unpaired) electrons. The second kappa shape index (κ2) is 4.26. The SMILES string of the molecule is CC(C)(CN1CCC1)c1ccccc1Br. The minimum Gasteiger partial charge on any atom is -0.302 e. The van der Waals surface area contributed by atoms with E-state index in [1.165, 1.54) is 29.5 Å². The van der Waals surface area contributed by atoms with Gasteiger partial charge >= 0.3 is 0 Å². The van der Waals surface area contributed by atoms with Gasteiger partial charge in [0.2, 0.25) is 0 Å². The second-order valence-corrected chi connectivity index (χ2v) is 5.85. The number of hydrogen-bond donors (Lipinski definition) is 0. The lowest BCUT2D eigenvalue weighted by molar-refractivity contribution is 0.147. The van der Waals surface area contributed by atoms with Gasteiger partial charge in [0.25, 0.3) is 0 Å². The Morgan fingerprint density at radius 2 is 1.93 bits per heavy atom. The van der Waals surface area contributed by atoms with Gasteiger partial charge in [0.15, 0.2) is 0 Å². The molecule has 0 unspecified atom stereocenters. The molecule has 1 aliphatic rings. The van der Waals surface area contributed by atoms with Crippen LogP contribution in [0.3, 0.4) is 0 Å². The van der Waals surface area contributed by atoms with Crippen LogP contribution in [0.4, 0.5) is 0 Å². The van der Waals surface area contributed by atoms with Crippen molar-refractivity contribution < 1.29 is 0 Å². The topological polar surface area (TPSA) is 3.24 Å². The zero-order valence-electron chi connectivity index (χ0n) is 9.46. The lowest BCUT2D eigenvalue weighted by Crippen LogP contribution is -2.44. The van der Waals surface area contributed by atoms with Crippen LogP contribution in [0.25, 0.3) is 0 Å². The van der Waals surface area contributed by atoms with E-state index in [0.717, 1.165) is 6.54 Å². The number of halogens is 1. The van der Waals surface area contributed by atoms with E-state index in [-0.39, 0.29) is 5.41 Å². The third-order valence-electron chi connectivity index (χ3n) is 3.17. The summed E-state index contributed by atoms with van der Waals surface area (Å²) in [6.45, 7) is 8.36. The molecule has 2 heteroatoms. The summed E-state index contributed by atoms with van der Waals surface area (Å²) < 4.78 is 1.23. The summed E-state index contributed by atoms with van der Waals surface area (Å²) in [6, 6.07) is 8.56. The highest BCUT2D eigenvalue weighted by Crippen LogP contribution is 2.31. The largest absolute Gasteiger partial charge is 0.302 e. The molecule has 1 aromatic rings. The molecule has 1 heterocycles. The monoisotopic (exact) mass is 267 g/mol. The van der Waals surface area contributed by atoms with Crippen LogP contribution in [0.5, 0.6) is 0 Å². The number of nitrogens with zero attached hydrogens (tertiary/aromatic N) is 1. The summed E-state index contributed by atoms with van der Waals surface area (Å²) in [5.74, 6) is 0. The molecule has 1 fully saturated rings. The van der Waals surface area contributed by atoms with Gasteiger partial charge in [-0.1, -0.05) is 48.0 Å². The number of hydrogen-bond acceptors (Lipinski definition) is 1. The van der Waals surface area contributed by atoms with E-state index in [4.69, 9.17) is 0 Å². The van der Waals surface area contributed by atoms with Crippen molar-refractivity contribution in [3.8, 4) is 0 Å². The maximum atomic E-state index is 3.64. The fraction of sp³-hybridized carbons (Fsp3) is 0.538. The lowest BCUT2D eigenvalue weighted by Gasteiger charge is -2.38. The highest BCUT2D eigenvalue weighted by molar-refractivity contribution is 9.10. The van der Waals surface area contributed by atoms with Gasteiger partial charge in [-0.15, -0.1) is 0 Å². The van der Waals surface area contributed by atoms with Crippen molar-refractivity contribution in [1.82, 2.24) is 4.90 Å². The minimum atomic E-state index is 0.237. The van der Waals surface area contributed by atoms with Crippen LogP contribution in [0.15, 0.2) is 28.7 Å². The maximum absolute atomic E-state index is 3.64. The van der Waals surface area contributed by atoms with Gasteiger partial charge in [0, 0.05) is 16.4 Å². The predicted octanol–water partition coefficient (Wildman–Crippen LogP) is 3.43. The Morgan fingerprint density at radius 1 is 1.27 bits per heavy atom. The Hall–Kier alpha value is -0.340. The molecule has 0 atom stereocenters. The molecule has 0 aromatic heterocycles. The standard InChI is InChI=1S/C13H18BrN/c1-13(2,10-15-8-5-9-15)11-6-3-4-7-12(11)14/h3-4,6-7H,5,8-10H2,1-2H3. The average molecular weight is 268 g/mol. The maximum Gasteiger partial charge on any atom is 0.0213 e. The van der Waals surface area contributed by atoms with Crippen molar-refractivity contribution >= 4 is 15.9 Å². The lowest BCUT2D eigenvalue weighted by atomic mass is 9.83. The molecular weight excluding hydrogens is 250 g/mol. The Labute approximate surface area is 101 Å². The molecule has 1 nitrogen and oxygen atoms in total. The molecule has 1 aliphatic heterocycles. The van der Waals surface area contributed by atoms with Crippen molar-refractivity contribution in [3.05, 3.63) is 34.3 Å². The van der Waals surface area contributed by atoms with Gasteiger partial charge in [0.1, 0.15) is 0 Å². The molecule has 1 saturated heterocycles. The van der Waals surface area contributed by atoms with Crippen molar-refractivity contribution in [1.29, 1.82) is 0 Å². The molecule has 82 valence electrons. The van der Waals surface area contributed by atoms with E-state index in [1.807, 2.05) is 0 Å². The molecule has 0 bridgehead atoms. The van der Waals surface area contributed by atoms with E-state index in [2.05, 4.69) is 58.9 Å². The molecule has 0 spiro atoms. The van der Waals surface area contributed by atoms with Gasteiger partial charge in [-0.25, -0.2) is 0 Å². The van der Waals surface area contributed by atoms with Crippen molar-refractivity contribution in [2.75, 3.05) is 19.6 Å². The van der Waals surface area contributed by atoms with Crippen LogP contribution in [-0.4, -0.2) is 24.5 Å². The molecular formula is C13H18BrN. The van der Waals surface area contributed by atoms with Crippen LogP contribution in [0.1, 0.15) is 25.8 Å². The Balaban J connectivity index is 2.16. The number of benzene rings is 1. The van der Waals surface area contributed by atoms with Gasteiger partial charge in [-0.2, -0.15) is 0 Å². The van der Waals surface area contributed by atoms with Gasteiger partial charge < -0.3 is 4.90 Å². The van der Waals surface area contributed by atoms with Crippen LogP contribution < -0.4 is 0 Å². The van der Waals surface area contributed by atoms with Gasteiger partial charge in [-0.3, -0.25) is 0 Å². The zero-order chi connectivity index (χ0) is 10.9. The summed E-state index contributed by atoms with van der Waals surface area (Å²) in [5.41, 5.74) is 1.65. The molecule has 1 aromatic carbocycles. The highest BCUT2D eigenvalue weighted by Gasteiger charge is 2.27. The first-order chi connectivity index (χ1) is 7.09. The quantitative estimate of drug-likeness (QED) is 0.811. The Bertz CT molecular complexity index is 342. The summed E-state index contributed by atoms with van der Waals surface area (Å²) in [7, 11) is 0. The van der Waals surface area contributed by atoms with E-state index in [0.29, 0.717) is 0 Å². The Morgan fingerprint density at radius 3 is 2.47 bits per heavy atom. The minimum absolute atomic E-state index is 0.237. The Kier molecular flexibility index (Phi) is 3.17. The molecule has 0 saturated carbocycles. The molecule has 15 heavy (non-hydrogen) atoms. The second-order valence-electron chi connectivity index (χ2n) is 4.99. The van der Waals surface area contributed by atoms with Gasteiger partial charge in [-0.05, 0) is 31.1 Å². The summed E-state index contributed by atoms with van der Waals surface area (Å²) >= 11 is 3.64. The first-order valence-electron chi connectivity index (χ1n) is 5.57. The van der Waals surface area contributed by atoms with Crippen LogP contribution in [-0.2, 0) is 5.41 Å². The predicted molar refractivity (Wildman–Crippen MR) is 68.2 cm³/mol. The summed E-state index contributed by atoms with van der Waals surface area (Å²) in [5, 5.41) is 0. The molecule has 0 aliphatic carbocycles. The van der Waals surface area contributed by atoms with Crippen molar-refractivity contribution in [3.63, 3.8) is 0 Å². The van der Waals surface area contributed by atoms with E-state index < -0.39 is 0 Å². The number of likely N-dealkylation sites (tertiary alicyclic amines) is 1. The fourth-order valence-corrected chi connectivity index (χ4v) is 3.02. The van der Waals surface area contributed by atoms with E-state index in [9.17, 15) is 0 Å². The molecule has 2 rings (SSSR count). The average Bonchev–Trinajstić information content (AvgIpc) is 2.12. The molecule has 0 N–H and O–H groups in total. The fourth-order valence-electron chi connectivity index (χ4n) is 2.19. The summed E-state index contributed by atoms with van der Waals surface area (Å²) in [4.78, 5) is 2.53. The van der Waals surface area contributed by atoms with Crippen LogP contribution in [0.2, 0.25) is 0 Å². The highest BCUT2D eigenvalue weighted by atomic mass is 79.9. The smallest absolute Gasteiger partial charge is 0.0213 e. The zero-order valence-corrected chi connectivity index (χ0v) is 11.0. The normalized spacial score (nSPS) is 17.5. The van der Waals surface area contributed by atoms with Crippen molar-refractivity contribution in [2.45, 2.75) is 25.7 Å². The first kappa shape index (κ1) is 11.2. The first-order valence-corrected chi connectivity index (χ1v) is 6.36. The van der Waals surface area contributed by atoms with Crippen LogP contribution in [0, 0.1) is 0 Å². The third kappa shape index (κ3) is 2.43.